The summed E-state index contributed by atoms with van der Waals surface area (Å²) in [5, 5.41) is 4.37. The van der Waals surface area contributed by atoms with Crippen molar-refractivity contribution in [2.75, 3.05) is 20.7 Å². The first kappa shape index (κ1) is 18.6. The maximum atomic E-state index is 12.3. The van der Waals surface area contributed by atoms with E-state index in [4.69, 9.17) is 4.74 Å². The number of ether oxygens (including phenoxy) is 1. The van der Waals surface area contributed by atoms with Crippen LogP contribution in [0.1, 0.15) is 16.2 Å². The number of nitrogens with one attached hydrogen (secondary N) is 2. The smallest absolute Gasteiger partial charge is 0.268 e. The van der Waals surface area contributed by atoms with Crippen LogP contribution in [0.3, 0.4) is 0 Å². The van der Waals surface area contributed by atoms with Crippen LogP contribution in [0, 0.1) is 0 Å². The minimum atomic E-state index is -0.356. The van der Waals surface area contributed by atoms with Gasteiger partial charge in [0.1, 0.15) is 16.3 Å². The second-order valence-corrected chi connectivity index (χ2v) is 6.72. The molecule has 0 fully saturated rings. The van der Waals surface area contributed by atoms with Crippen LogP contribution in [0.25, 0.3) is 10.2 Å². The van der Waals surface area contributed by atoms with Crippen molar-refractivity contribution in [1.29, 1.82) is 0 Å². The normalized spacial score (nSPS) is 10.6. The fourth-order valence-electron chi connectivity index (χ4n) is 2.44. The van der Waals surface area contributed by atoms with Crippen molar-refractivity contribution in [2.45, 2.75) is 6.54 Å². The Kier molecular flexibility index (Phi) is 5.51. The molecule has 0 unspecified atom stereocenters. The molecule has 0 aliphatic heterocycles. The van der Waals surface area contributed by atoms with Crippen molar-refractivity contribution in [3.05, 3.63) is 57.5 Å². The Bertz CT molecular complexity index is 1030. The molecule has 0 aliphatic carbocycles. The number of carbonyl (C=O) groups is 2. The zero-order valence-corrected chi connectivity index (χ0v) is 15.6. The standard InChI is InChI=1S/C18H18N4O4S/c1-22(10-14-20-13-7-8-27-16(13)18(25)21-14)15(23)9-19-17(24)11-3-5-12(26-2)6-4-11/h3-8H,9-10H2,1-2H3,(H,19,24)(H,20,21,25). The number of methoxy groups -OCH3 is 1. The van der Waals surface area contributed by atoms with Crippen molar-refractivity contribution in [3.8, 4) is 5.75 Å². The third-order valence-corrected chi connectivity index (χ3v) is 4.83. The lowest BCUT2D eigenvalue weighted by Crippen LogP contribution is -2.38. The zero-order valence-electron chi connectivity index (χ0n) is 14.8. The van der Waals surface area contributed by atoms with Crippen molar-refractivity contribution in [3.63, 3.8) is 0 Å². The summed E-state index contributed by atoms with van der Waals surface area (Å²) < 4.78 is 5.60. The Balaban J connectivity index is 1.58. The van der Waals surface area contributed by atoms with E-state index in [1.54, 1.807) is 49.9 Å². The summed E-state index contributed by atoms with van der Waals surface area (Å²) in [4.78, 5) is 44.7. The van der Waals surface area contributed by atoms with Gasteiger partial charge in [0, 0.05) is 12.6 Å². The number of rotatable bonds is 6. The van der Waals surface area contributed by atoms with Crippen LogP contribution in [0.5, 0.6) is 5.75 Å². The lowest BCUT2D eigenvalue weighted by molar-refractivity contribution is -0.129. The van der Waals surface area contributed by atoms with Crippen molar-refractivity contribution in [2.24, 2.45) is 0 Å². The molecule has 2 heterocycles. The van der Waals surface area contributed by atoms with E-state index in [9.17, 15) is 14.4 Å². The van der Waals surface area contributed by atoms with E-state index in [-0.39, 0.29) is 30.5 Å². The first-order valence-electron chi connectivity index (χ1n) is 8.10. The Morgan fingerprint density at radius 3 is 2.70 bits per heavy atom. The summed E-state index contributed by atoms with van der Waals surface area (Å²) in [5.74, 6) is 0.380. The van der Waals surface area contributed by atoms with E-state index >= 15 is 0 Å². The number of H-pyrrole nitrogens is 1. The molecule has 0 saturated heterocycles. The Labute approximate surface area is 158 Å². The highest BCUT2D eigenvalue weighted by Gasteiger charge is 2.14. The Hall–Kier alpha value is -3.20. The molecule has 8 nitrogen and oxygen atoms in total. The fraction of sp³-hybridized carbons (Fsp3) is 0.222. The molecule has 0 atom stereocenters. The maximum Gasteiger partial charge on any atom is 0.268 e. The predicted octanol–water partition coefficient (Wildman–Crippen LogP) is 1.38. The number of hydrogen-bond acceptors (Lipinski definition) is 6. The van der Waals surface area contributed by atoms with Gasteiger partial charge >= 0.3 is 0 Å². The molecular formula is C18H18N4O4S. The molecule has 0 saturated carbocycles. The fourth-order valence-corrected chi connectivity index (χ4v) is 3.17. The van der Waals surface area contributed by atoms with E-state index in [2.05, 4.69) is 15.3 Å². The number of aromatic amines is 1. The van der Waals surface area contributed by atoms with Crippen molar-refractivity contribution >= 4 is 33.4 Å². The molecular weight excluding hydrogens is 368 g/mol. The Morgan fingerprint density at radius 1 is 1.26 bits per heavy atom. The van der Waals surface area contributed by atoms with Gasteiger partial charge in [0.05, 0.1) is 25.7 Å². The van der Waals surface area contributed by atoms with Gasteiger partial charge in [-0.3, -0.25) is 14.4 Å². The third-order valence-electron chi connectivity index (χ3n) is 3.93. The second kappa shape index (κ2) is 8.00. The molecule has 9 heteroatoms. The lowest BCUT2D eigenvalue weighted by atomic mass is 10.2. The molecule has 3 rings (SSSR count). The van der Waals surface area contributed by atoms with E-state index < -0.39 is 0 Å². The van der Waals surface area contributed by atoms with Gasteiger partial charge in [-0.1, -0.05) is 0 Å². The van der Waals surface area contributed by atoms with Crippen LogP contribution < -0.4 is 15.6 Å². The number of amides is 2. The summed E-state index contributed by atoms with van der Waals surface area (Å²) >= 11 is 1.32. The SMILES string of the molecule is COc1ccc(C(=O)NCC(=O)N(C)Cc2nc3ccsc3c(=O)[nH]2)cc1. The number of carbonyl (C=O) groups excluding carboxylic acids is 2. The summed E-state index contributed by atoms with van der Waals surface area (Å²) in [7, 11) is 3.13. The first-order valence-corrected chi connectivity index (χ1v) is 8.98. The Morgan fingerprint density at radius 2 is 2.00 bits per heavy atom. The van der Waals surface area contributed by atoms with Gasteiger partial charge in [-0.15, -0.1) is 11.3 Å². The minimum Gasteiger partial charge on any atom is -0.497 e. The van der Waals surface area contributed by atoms with E-state index in [1.807, 2.05) is 0 Å². The third kappa shape index (κ3) is 4.32. The molecule has 3 aromatic rings. The van der Waals surface area contributed by atoms with Crippen LogP contribution >= 0.6 is 11.3 Å². The summed E-state index contributed by atoms with van der Waals surface area (Å²) in [6, 6.07) is 8.34. The minimum absolute atomic E-state index is 0.137. The number of nitrogens with zero attached hydrogens (tertiary/aromatic N) is 2. The average Bonchev–Trinajstić information content (AvgIpc) is 3.15. The van der Waals surface area contributed by atoms with Gasteiger partial charge in [-0.25, -0.2) is 4.98 Å². The van der Waals surface area contributed by atoms with Crippen LogP contribution in [0.2, 0.25) is 0 Å². The van der Waals surface area contributed by atoms with Crippen molar-refractivity contribution in [1.82, 2.24) is 20.2 Å². The molecule has 0 radical (unpaired) electrons. The van der Waals surface area contributed by atoms with Crippen LogP contribution in [-0.2, 0) is 11.3 Å². The monoisotopic (exact) mass is 386 g/mol. The molecule has 27 heavy (non-hydrogen) atoms. The number of thiophene rings is 1. The van der Waals surface area contributed by atoms with Crippen LogP contribution in [0.15, 0.2) is 40.5 Å². The molecule has 0 aliphatic rings. The molecule has 0 bridgehead atoms. The number of fused-ring (bicyclic) bond motifs is 1. The van der Waals surface area contributed by atoms with Gasteiger partial charge in [0.25, 0.3) is 11.5 Å². The van der Waals surface area contributed by atoms with Crippen LogP contribution in [-0.4, -0.2) is 47.4 Å². The quantitative estimate of drug-likeness (QED) is 0.666. The average molecular weight is 386 g/mol. The first-order chi connectivity index (χ1) is 13.0. The van der Waals surface area contributed by atoms with Gasteiger partial charge < -0.3 is 19.9 Å². The molecule has 1 aromatic carbocycles. The largest absolute Gasteiger partial charge is 0.497 e. The van der Waals surface area contributed by atoms with E-state index in [0.717, 1.165) is 0 Å². The lowest BCUT2D eigenvalue weighted by Gasteiger charge is -2.17. The van der Waals surface area contributed by atoms with E-state index in [0.29, 0.717) is 27.4 Å². The number of benzene rings is 1. The molecule has 140 valence electrons. The highest BCUT2D eigenvalue weighted by molar-refractivity contribution is 7.17. The van der Waals surface area contributed by atoms with Gasteiger partial charge in [-0.05, 0) is 35.7 Å². The number of aromatic nitrogens is 2. The second-order valence-electron chi connectivity index (χ2n) is 5.81. The maximum absolute atomic E-state index is 12.3. The topological polar surface area (TPSA) is 104 Å². The molecule has 2 N–H and O–H groups in total. The molecule has 2 amide bonds. The number of likely N-dealkylation sites (N-methyl/N-ethyl adjacent to an activating group) is 1. The van der Waals surface area contributed by atoms with E-state index in [1.165, 1.54) is 16.2 Å². The summed E-state index contributed by atoms with van der Waals surface area (Å²) in [6.07, 6.45) is 0. The zero-order chi connectivity index (χ0) is 19.4. The number of hydrogen-bond donors (Lipinski definition) is 2. The van der Waals surface area contributed by atoms with Gasteiger partial charge in [0.2, 0.25) is 5.91 Å². The van der Waals surface area contributed by atoms with Crippen LogP contribution in [0.4, 0.5) is 0 Å². The van der Waals surface area contributed by atoms with Crippen molar-refractivity contribution < 1.29 is 14.3 Å². The summed E-state index contributed by atoms with van der Waals surface area (Å²) in [5.41, 5.74) is 0.811. The molecule has 2 aromatic heterocycles. The summed E-state index contributed by atoms with van der Waals surface area (Å²) in [6.45, 7) is -0.0233. The molecule has 0 spiro atoms. The van der Waals surface area contributed by atoms with Gasteiger partial charge in [0.15, 0.2) is 0 Å². The highest BCUT2D eigenvalue weighted by Crippen LogP contribution is 2.14. The predicted molar refractivity (Wildman–Crippen MR) is 102 cm³/mol. The van der Waals surface area contributed by atoms with Gasteiger partial charge in [-0.2, -0.15) is 0 Å². The highest BCUT2D eigenvalue weighted by atomic mass is 32.1.